The second kappa shape index (κ2) is 6.15. The Labute approximate surface area is 114 Å². The lowest BCUT2D eigenvalue weighted by molar-refractivity contribution is 0.0124. The normalized spacial score (nSPS) is 21.9. The lowest BCUT2D eigenvalue weighted by atomic mass is 10.1. The molecule has 20 heavy (non-hydrogen) atoms. The molecule has 2 rings (SSSR count). The molecule has 0 bridgehead atoms. The SMILES string of the molecule is O=C(NC[C@H]1CC[C@@H](CO)O1)c1c(O)cc(F)cc1F. The molecule has 1 amide bonds. The van der Waals surface area contributed by atoms with E-state index in [1.807, 2.05) is 0 Å². The van der Waals surface area contributed by atoms with Crippen LogP contribution >= 0.6 is 0 Å². The maximum Gasteiger partial charge on any atom is 0.258 e. The van der Waals surface area contributed by atoms with Crippen LogP contribution in [0.25, 0.3) is 0 Å². The van der Waals surface area contributed by atoms with Crippen molar-refractivity contribution in [3.63, 3.8) is 0 Å². The van der Waals surface area contributed by atoms with E-state index in [1.54, 1.807) is 0 Å². The zero-order chi connectivity index (χ0) is 14.7. The maximum absolute atomic E-state index is 13.5. The van der Waals surface area contributed by atoms with Crippen molar-refractivity contribution >= 4 is 5.91 Å². The van der Waals surface area contributed by atoms with Gasteiger partial charge in [0.05, 0.1) is 18.8 Å². The van der Waals surface area contributed by atoms with Crippen LogP contribution in [0.15, 0.2) is 12.1 Å². The lowest BCUT2D eigenvalue weighted by Crippen LogP contribution is -2.33. The Bertz CT molecular complexity index is 486. The molecule has 1 aromatic rings. The summed E-state index contributed by atoms with van der Waals surface area (Å²) in [6, 6.07) is 1.20. The second-order valence-electron chi connectivity index (χ2n) is 4.63. The highest BCUT2D eigenvalue weighted by Crippen LogP contribution is 2.22. The molecule has 0 aromatic heterocycles. The zero-order valence-electron chi connectivity index (χ0n) is 10.6. The molecule has 0 unspecified atom stereocenters. The smallest absolute Gasteiger partial charge is 0.258 e. The van der Waals surface area contributed by atoms with Gasteiger partial charge in [-0.2, -0.15) is 0 Å². The van der Waals surface area contributed by atoms with Crippen LogP contribution in [0.1, 0.15) is 23.2 Å². The standard InChI is InChI=1S/C13H15F2NO4/c14-7-3-10(15)12(11(18)4-7)13(19)16-5-8-1-2-9(6-17)20-8/h3-4,8-9,17-18H,1-2,5-6H2,(H,16,19)/t8-,9+/m1/s1. The molecule has 1 aliphatic heterocycles. The van der Waals surface area contributed by atoms with Gasteiger partial charge in [-0.1, -0.05) is 0 Å². The minimum Gasteiger partial charge on any atom is -0.507 e. The Morgan fingerprint density at radius 1 is 1.35 bits per heavy atom. The van der Waals surface area contributed by atoms with Crippen molar-refractivity contribution in [2.45, 2.75) is 25.0 Å². The first-order chi connectivity index (χ1) is 9.51. The van der Waals surface area contributed by atoms with Crippen molar-refractivity contribution in [2.24, 2.45) is 0 Å². The van der Waals surface area contributed by atoms with E-state index < -0.39 is 28.9 Å². The Hall–Kier alpha value is -1.73. The summed E-state index contributed by atoms with van der Waals surface area (Å²) in [6.45, 7) is 0.0451. The fraction of sp³-hybridized carbons (Fsp3) is 0.462. The van der Waals surface area contributed by atoms with Crippen LogP contribution in [0.3, 0.4) is 0 Å². The molecule has 3 N–H and O–H groups in total. The van der Waals surface area contributed by atoms with Crippen molar-refractivity contribution in [1.82, 2.24) is 5.32 Å². The number of ether oxygens (including phenoxy) is 1. The van der Waals surface area contributed by atoms with Crippen molar-refractivity contribution < 1.29 is 28.5 Å². The number of phenolic OH excluding ortho intramolecular Hbond substituents is 1. The van der Waals surface area contributed by atoms with Crippen LogP contribution in [0.2, 0.25) is 0 Å². The lowest BCUT2D eigenvalue weighted by Gasteiger charge is -2.13. The molecule has 0 spiro atoms. The number of hydrogen-bond acceptors (Lipinski definition) is 4. The fourth-order valence-corrected chi connectivity index (χ4v) is 2.14. The number of hydrogen-bond donors (Lipinski definition) is 3. The van der Waals surface area contributed by atoms with Crippen molar-refractivity contribution in [2.75, 3.05) is 13.2 Å². The van der Waals surface area contributed by atoms with Gasteiger partial charge < -0.3 is 20.3 Å². The largest absolute Gasteiger partial charge is 0.507 e. The summed E-state index contributed by atoms with van der Waals surface area (Å²) in [5.41, 5.74) is -0.594. The van der Waals surface area contributed by atoms with E-state index in [-0.39, 0.29) is 25.4 Å². The number of phenols is 1. The van der Waals surface area contributed by atoms with Gasteiger partial charge in [0.1, 0.15) is 22.9 Å². The first-order valence-corrected chi connectivity index (χ1v) is 6.23. The Kier molecular flexibility index (Phi) is 4.51. The number of nitrogens with one attached hydrogen (secondary N) is 1. The molecule has 1 heterocycles. The van der Waals surface area contributed by atoms with Gasteiger partial charge in [0.25, 0.3) is 5.91 Å². The fourth-order valence-electron chi connectivity index (χ4n) is 2.14. The van der Waals surface area contributed by atoms with Gasteiger partial charge in [0.2, 0.25) is 0 Å². The summed E-state index contributed by atoms with van der Waals surface area (Å²) in [5, 5.41) is 20.7. The molecule has 110 valence electrons. The van der Waals surface area contributed by atoms with E-state index in [4.69, 9.17) is 9.84 Å². The van der Waals surface area contributed by atoms with Crippen LogP contribution in [-0.4, -0.2) is 41.5 Å². The summed E-state index contributed by atoms with van der Waals surface area (Å²) >= 11 is 0. The number of rotatable bonds is 4. The van der Waals surface area contributed by atoms with Crippen LogP contribution in [0.4, 0.5) is 8.78 Å². The van der Waals surface area contributed by atoms with E-state index in [2.05, 4.69) is 5.32 Å². The van der Waals surface area contributed by atoms with Gasteiger partial charge in [0.15, 0.2) is 0 Å². The molecular formula is C13H15F2NO4. The number of halogens is 2. The number of aliphatic hydroxyl groups is 1. The molecule has 5 nitrogen and oxygen atoms in total. The first kappa shape index (κ1) is 14.7. The van der Waals surface area contributed by atoms with E-state index in [0.717, 1.165) is 0 Å². The monoisotopic (exact) mass is 287 g/mol. The minimum atomic E-state index is -1.12. The van der Waals surface area contributed by atoms with E-state index in [0.29, 0.717) is 25.0 Å². The highest BCUT2D eigenvalue weighted by molar-refractivity contribution is 5.97. The summed E-state index contributed by atoms with van der Waals surface area (Å²) in [4.78, 5) is 11.8. The second-order valence-corrected chi connectivity index (χ2v) is 4.63. The van der Waals surface area contributed by atoms with Gasteiger partial charge >= 0.3 is 0 Å². The van der Waals surface area contributed by atoms with Crippen molar-refractivity contribution in [3.8, 4) is 5.75 Å². The van der Waals surface area contributed by atoms with Gasteiger partial charge in [-0.25, -0.2) is 8.78 Å². The summed E-state index contributed by atoms with van der Waals surface area (Å²) in [5.74, 6) is -3.67. The number of carbonyl (C=O) groups excluding carboxylic acids is 1. The number of aliphatic hydroxyl groups excluding tert-OH is 1. The third-order valence-electron chi connectivity index (χ3n) is 3.15. The average Bonchev–Trinajstić information content (AvgIpc) is 2.83. The third-order valence-corrected chi connectivity index (χ3v) is 3.15. The van der Waals surface area contributed by atoms with Gasteiger partial charge in [0, 0.05) is 18.7 Å². The molecule has 2 atom stereocenters. The Balaban J connectivity index is 1.96. The Morgan fingerprint density at radius 3 is 2.65 bits per heavy atom. The maximum atomic E-state index is 13.5. The topological polar surface area (TPSA) is 78.8 Å². The van der Waals surface area contributed by atoms with Gasteiger partial charge in [-0.05, 0) is 12.8 Å². The number of amides is 1. The molecule has 0 saturated carbocycles. The predicted octanol–water partition coefficient (Wildman–Crippen LogP) is 0.940. The van der Waals surface area contributed by atoms with E-state index >= 15 is 0 Å². The van der Waals surface area contributed by atoms with Crippen molar-refractivity contribution in [3.05, 3.63) is 29.3 Å². The molecular weight excluding hydrogens is 272 g/mol. The minimum absolute atomic E-state index is 0.0855. The van der Waals surface area contributed by atoms with Crippen LogP contribution in [-0.2, 0) is 4.74 Å². The molecule has 0 aliphatic carbocycles. The van der Waals surface area contributed by atoms with Crippen LogP contribution in [0.5, 0.6) is 5.75 Å². The predicted molar refractivity (Wildman–Crippen MR) is 65.3 cm³/mol. The number of aromatic hydroxyl groups is 1. The van der Waals surface area contributed by atoms with Crippen molar-refractivity contribution in [1.29, 1.82) is 0 Å². The molecule has 1 aliphatic rings. The highest BCUT2D eigenvalue weighted by Gasteiger charge is 2.26. The molecule has 1 aromatic carbocycles. The number of carbonyl (C=O) groups is 1. The van der Waals surface area contributed by atoms with E-state index in [1.165, 1.54) is 0 Å². The Morgan fingerprint density at radius 2 is 2.05 bits per heavy atom. The van der Waals surface area contributed by atoms with Gasteiger partial charge in [-0.3, -0.25) is 4.79 Å². The molecule has 1 saturated heterocycles. The highest BCUT2D eigenvalue weighted by atomic mass is 19.1. The first-order valence-electron chi connectivity index (χ1n) is 6.23. The third kappa shape index (κ3) is 3.23. The van der Waals surface area contributed by atoms with E-state index in [9.17, 15) is 18.7 Å². The average molecular weight is 287 g/mol. The summed E-state index contributed by atoms with van der Waals surface area (Å²) < 4.78 is 31.7. The quantitative estimate of drug-likeness (QED) is 0.770. The summed E-state index contributed by atoms with van der Waals surface area (Å²) in [7, 11) is 0. The van der Waals surface area contributed by atoms with Gasteiger partial charge in [-0.15, -0.1) is 0 Å². The molecule has 0 radical (unpaired) electrons. The van der Waals surface area contributed by atoms with Crippen LogP contribution in [0, 0.1) is 11.6 Å². The molecule has 7 heteroatoms. The summed E-state index contributed by atoms with van der Waals surface area (Å²) in [6.07, 6.45) is 0.853. The van der Waals surface area contributed by atoms with Crippen LogP contribution < -0.4 is 5.32 Å². The number of benzene rings is 1. The molecule has 1 fully saturated rings. The zero-order valence-corrected chi connectivity index (χ0v) is 10.6.